The molecular formula is C34H72O26. The van der Waals surface area contributed by atoms with Gasteiger partial charge in [-0.25, -0.2) is 14.4 Å². The number of aliphatic hydroxyl groups excluding tert-OH is 20. The highest BCUT2D eigenvalue weighted by molar-refractivity contribution is 5.79. The lowest BCUT2D eigenvalue weighted by Crippen LogP contribution is -2.37. The van der Waals surface area contributed by atoms with Gasteiger partial charge in [0.1, 0.15) is 0 Å². The maximum Gasteiger partial charge on any atom is 0.327 e. The number of aliphatic carboxylic acids is 3. The van der Waals surface area contributed by atoms with E-state index in [1.807, 2.05) is 0 Å². The first-order valence-electron chi connectivity index (χ1n) is 16.8. The highest BCUT2D eigenvalue weighted by atomic mass is 16.4. The molecule has 26 heteroatoms. The van der Waals surface area contributed by atoms with E-state index in [0.717, 1.165) is 18.2 Å². The number of carboxylic acid groups (broad SMARTS) is 3. The lowest BCUT2D eigenvalue weighted by molar-refractivity contribution is -0.132. The average molecular weight is 897 g/mol. The van der Waals surface area contributed by atoms with Crippen LogP contribution in [0.4, 0.5) is 0 Å². The molecule has 0 bridgehead atoms. The summed E-state index contributed by atoms with van der Waals surface area (Å²) in [4.78, 5) is 27.8. The first-order valence-corrected chi connectivity index (χ1v) is 16.8. The number of rotatable bonds is 23. The van der Waals surface area contributed by atoms with Gasteiger partial charge in [-0.05, 0) is 0 Å². The van der Waals surface area contributed by atoms with Crippen LogP contribution in [0.3, 0.4) is 0 Å². The third kappa shape index (κ3) is 40.2. The molecule has 60 heavy (non-hydrogen) atoms. The smallest absolute Gasteiger partial charge is 0.327 e. The van der Waals surface area contributed by atoms with Crippen molar-refractivity contribution >= 4 is 17.9 Å². The average Bonchev–Trinajstić information content (AvgIpc) is 3.30. The van der Waals surface area contributed by atoms with Crippen molar-refractivity contribution in [1.82, 2.24) is 0 Å². The molecule has 0 aromatic carbocycles. The van der Waals surface area contributed by atoms with Crippen LogP contribution in [0, 0.1) is 27.1 Å². The Bertz CT molecular complexity index is 730. The van der Waals surface area contributed by atoms with Gasteiger partial charge in [0.15, 0.2) is 0 Å². The summed E-state index contributed by atoms with van der Waals surface area (Å²) in [6.45, 7) is 0.757. The van der Waals surface area contributed by atoms with Gasteiger partial charge in [0.05, 0.1) is 159 Å². The summed E-state index contributed by atoms with van der Waals surface area (Å²) in [7, 11) is 0. The zero-order chi connectivity index (χ0) is 49.5. The number of hydrogen-bond donors (Lipinski definition) is 23. The van der Waals surface area contributed by atoms with Crippen molar-refractivity contribution in [2.45, 2.75) is 0 Å². The van der Waals surface area contributed by atoms with Gasteiger partial charge in [-0.3, -0.25) is 0 Å². The van der Waals surface area contributed by atoms with E-state index >= 15 is 0 Å². The predicted octanol–water partition coefficient (Wildman–Crippen LogP) is -9.52. The third-order valence-electron chi connectivity index (χ3n) is 7.23. The van der Waals surface area contributed by atoms with Gasteiger partial charge >= 0.3 is 17.9 Å². The minimum Gasteiger partial charge on any atom is -0.478 e. The summed E-state index contributed by atoms with van der Waals surface area (Å²) in [5.74, 6) is -2.94. The van der Waals surface area contributed by atoms with Gasteiger partial charge < -0.3 is 117 Å². The molecule has 0 fully saturated rings. The molecule has 0 saturated heterocycles. The van der Waals surface area contributed by atoms with E-state index < -0.39 is 177 Å². The summed E-state index contributed by atoms with van der Waals surface area (Å²) in [6.07, 6.45) is 2.50. The number of carboxylic acids is 3. The molecule has 0 rings (SSSR count). The zero-order valence-electron chi connectivity index (χ0n) is 33.5. The van der Waals surface area contributed by atoms with Crippen LogP contribution in [0.1, 0.15) is 0 Å². The maximum absolute atomic E-state index is 9.25. The Morgan fingerprint density at radius 2 is 0.300 bits per heavy atom. The quantitative estimate of drug-likeness (QED) is 0.0423. The molecular weight excluding hydrogens is 824 g/mol. The minimum atomic E-state index is -1.11. The maximum atomic E-state index is 9.25. The normalized spacial score (nSPS) is 10.6. The van der Waals surface area contributed by atoms with E-state index in [9.17, 15) is 14.4 Å². The van der Waals surface area contributed by atoms with Crippen LogP contribution < -0.4 is 0 Å². The number of aliphatic hydroxyl groups is 20. The second kappa shape index (κ2) is 48.5. The molecule has 0 spiro atoms. The van der Waals surface area contributed by atoms with Crippen LogP contribution in [0.15, 0.2) is 38.0 Å². The highest BCUT2D eigenvalue weighted by Crippen LogP contribution is 2.14. The molecule has 0 aromatic rings. The summed E-state index contributed by atoms with van der Waals surface area (Å²) in [6, 6.07) is 0. The molecule has 0 amide bonds. The second-order valence-corrected chi connectivity index (χ2v) is 12.3. The molecule has 0 radical (unpaired) electrons. The van der Waals surface area contributed by atoms with Crippen LogP contribution in [0.2, 0.25) is 0 Å². The van der Waals surface area contributed by atoms with E-state index in [4.69, 9.17) is 117 Å². The van der Waals surface area contributed by atoms with Gasteiger partial charge in [-0.1, -0.05) is 19.7 Å². The van der Waals surface area contributed by atoms with Crippen LogP contribution in [-0.4, -0.2) is 267 Å². The van der Waals surface area contributed by atoms with E-state index in [1.54, 1.807) is 0 Å². The van der Waals surface area contributed by atoms with E-state index in [1.165, 1.54) is 0 Å². The van der Waals surface area contributed by atoms with Crippen molar-refractivity contribution in [3.8, 4) is 0 Å². The van der Waals surface area contributed by atoms with Gasteiger partial charge in [-0.15, -0.1) is 0 Å². The Morgan fingerprint density at radius 1 is 0.250 bits per heavy atom. The first kappa shape index (κ1) is 74.3. The molecule has 0 aliphatic heterocycles. The minimum absolute atomic E-state index is 0.406. The summed E-state index contributed by atoms with van der Waals surface area (Å²) < 4.78 is 0. The molecule has 0 aliphatic rings. The summed E-state index contributed by atoms with van der Waals surface area (Å²) in [5.41, 5.74) is -5.56. The van der Waals surface area contributed by atoms with E-state index in [2.05, 4.69) is 19.7 Å². The Labute approximate surface area is 347 Å². The lowest BCUT2D eigenvalue weighted by atomic mass is 9.93. The SMILES string of the molecule is C=CC(=O)O.C=CC(=O)O.C=CC(=O)O.OCC(CO)(CO)CO.OCC(CO)(CO)CO.OCC(CO)(CO)CO.OCC(CO)(CO)CO.OCC(CO)(CO)CO. The van der Waals surface area contributed by atoms with Crippen LogP contribution in [-0.2, 0) is 14.4 Å². The molecule has 0 heterocycles. The topological polar surface area (TPSA) is 517 Å². The molecule has 0 aliphatic carbocycles. The van der Waals surface area contributed by atoms with Crippen molar-refractivity contribution in [2.24, 2.45) is 27.1 Å². The van der Waals surface area contributed by atoms with Crippen molar-refractivity contribution in [3.63, 3.8) is 0 Å². The Hall–Kier alpha value is -3.17. The monoisotopic (exact) mass is 896 g/mol. The molecule has 0 unspecified atom stereocenters. The molecule has 0 atom stereocenters. The van der Waals surface area contributed by atoms with Crippen molar-refractivity contribution < 1.29 is 132 Å². The summed E-state index contributed by atoms with van der Waals surface area (Å²) >= 11 is 0. The lowest BCUT2D eigenvalue weighted by Gasteiger charge is -2.23. The number of hydrogen-bond acceptors (Lipinski definition) is 23. The molecule has 0 aromatic heterocycles. The zero-order valence-corrected chi connectivity index (χ0v) is 33.5. The molecule has 364 valence electrons. The summed E-state index contributed by atoms with van der Waals surface area (Å²) in [5, 5.41) is 193. The van der Waals surface area contributed by atoms with Crippen molar-refractivity contribution in [3.05, 3.63) is 38.0 Å². The van der Waals surface area contributed by atoms with Crippen LogP contribution in [0.25, 0.3) is 0 Å². The van der Waals surface area contributed by atoms with Gasteiger partial charge in [0, 0.05) is 18.2 Å². The van der Waals surface area contributed by atoms with E-state index in [0.29, 0.717) is 0 Å². The van der Waals surface area contributed by atoms with Gasteiger partial charge in [0.25, 0.3) is 0 Å². The Morgan fingerprint density at radius 3 is 0.300 bits per heavy atom. The standard InChI is InChI=1S/5C5H12O4.3C3H4O2/c5*6-1-5(2-7,3-8)4-9;3*1-2-3(4)5/h5*6-9H,1-4H2;3*2H,1H2,(H,4,5). The van der Waals surface area contributed by atoms with Gasteiger partial charge in [-0.2, -0.15) is 0 Å². The number of carbonyl (C=O) groups is 3. The largest absolute Gasteiger partial charge is 0.478 e. The van der Waals surface area contributed by atoms with Crippen LogP contribution in [0.5, 0.6) is 0 Å². The molecule has 26 nitrogen and oxygen atoms in total. The van der Waals surface area contributed by atoms with Gasteiger partial charge in [0.2, 0.25) is 0 Å². The fourth-order valence-electron chi connectivity index (χ4n) is 1.50. The Balaban J connectivity index is -0.0000000869. The first-order chi connectivity index (χ1) is 28.0. The predicted molar refractivity (Wildman–Crippen MR) is 207 cm³/mol. The fourth-order valence-corrected chi connectivity index (χ4v) is 1.50. The fraction of sp³-hybridized carbons (Fsp3) is 0.735. The third-order valence-corrected chi connectivity index (χ3v) is 7.23. The van der Waals surface area contributed by atoms with E-state index in [-0.39, 0.29) is 0 Å². The Kier molecular flexibility index (Phi) is 60.0. The highest BCUT2D eigenvalue weighted by Gasteiger charge is 2.29. The second-order valence-electron chi connectivity index (χ2n) is 12.3. The van der Waals surface area contributed by atoms with Crippen molar-refractivity contribution in [1.29, 1.82) is 0 Å². The molecule has 23 N–H and O–H groups in total. The molecule has 0 saturated carbocycles. The van der Waals surface area contributed by atoms with Crippen LogP contribution >= 0.6 is 0 Å². The van der Waals surface area contributed by atoms with Crippen molar-refractivity contribution in [2.75, 3.05) is 132 Å².